The first kappa shape index (κ1) is 8.68. The third kappa shape index (κ3) is 1.58. The van der Waals surface area contributed by atoms with Gasteiger partial charge in [0.2, 0.25) is 0 Å². The minimum absolute atomic E-state index is 0. The number of thiazole rings is 1. The molecule has 0 saturated heterocycles. The van der Waals surface area contributed by atoms with Crippen LogP contribution in [0.25, 0.3) is 10.2 Å². The van der Waals surface area contributed by atoms with E-state index in [0.29, 0.717) is 5.46 Å². The fourth-order valence-corrected chi connectivity index (χ4v) is 2.03. The minimum atomic E-state index is -1.41. The molecule has 1 aromatic heterocycles. The Hall–Kier alpha value is -0.905. The Balaban J connectivity index is 0.000000980. The predicted molar refractivity (Wildman–Crippen MR) is 58.4 cm³/mol. The van der Waals surface area contributed by atoms with Gasteiger partial charge in [0.25, 0.3) is 0 Å². The lowest BCUT2D eigenvalue weighted by Gasteiger charge is -1.96. The molecule has 70 valence electrons. The van der Waals surface area contributed by atoms with Gasteiger partial charge in [0.05, 0.1) is 15.2 Å². The largest absolute Gasteiger partial charge is 0.488 e. The molecule has 1 heterocycles. The molecule has 13 heavy (non-hydrogen) atoms. The molecule has 0 saturated carbocycles. The fraction of sp³-hybridized carbons (Fsp3) is 0.125. The van der Waals surface area contributed by atoms with Crippen molar-refractivity contribution in [2.45, 2.75) is 6.92 Å². The van der Waals surface area contributed by atoms with E-state index in [2.05, 4.69) is 4.98 Å². The molecule has 0 fully saturated rings. The zero-order valence-electron chi connectivity index (χ0n) is 7.06. The summed E-state index contributed by atoms with van der Waals surface area (Å²) >= 11 is 1.60. The number of fused-ring (bicyclic) bond motifs is 1. The van der Waals surface area contributed by atoms with Gasteiger partial charge in [-0.05, 0) is 24.5 Å². The molecule has 0 aliphatic carbocycles. The highest BCUT2D eigenvalue weighted by molar-refractivity contribution is 7.18. The Morgan fingerprint density at radius 1 is 1.46 bits per heavy atom. The summed E-state index contributed by atoms with van der Waals surface area (Å²) in [6.45, 7) is 1.93. The summed E-state index contributed by atoms with van der Waals surface area (Å²) in [7, 11) is -1.41. The van der Waals surface area contributed by atoms with Crippen molar-refractivity contribution in [1.82, 2.24) is 4.98 Å². The first-order chi connectivity index (χ1) is 6.16. The molecule has 0 unspecified atom stereocenters. The van der Waals surface area contributed by atoms with Gasteiger partial charge < -0.3 is 10.0 Å². The smallest absolute Gasteiger partial charge is 0.423 e. The summed E-state index contributed by atoms with van der Waals surface area (Å²) in [6.07, 6.45) is 0. The van der Waals surface area contributed by atoms with Crippen LogP contribution in [0, 0.1) is 6.92 Å². The SMILES string of the molecule is Cc1nc2cc(B(O)O)ccc2s1.[HH].[HH]. The number of nitrogens with zero attached hydrogens (tertiary/aromatic N) is 1. The van der Waals surface area contributed by atoms with E-state index < -0.39 is 7.12 Å². The highest BCUT2D eigenvalue weighted by Crippen LogP contribution is 2.19. The minimum Gasteiger partial charge on any atom is -0.423 e. The van der Waals surface area contributed by atoms with Gasteiger partial charge in [-0.3, -0.25) is 0 Å². The topological polar surface area (TPSA) is 53.4 Å². The summed E-state index contributed by atoms with van der Waals surface area (Å²) in [5.41, 5.74) is 1.31. The summed E-state index contributed by atoms with van der Waals surface area (Å²) in [5, 5.41) is 18.8. The molecule has 2 aromatic rings. The molecule has 3 nitrogen and oxygen atoms in total. The van der Waals surface area contributed by atoms with E-state index in [4.69, 9.17) is 10.0 Å². The Bertz CT molecular complexity index is 449. The van der Waals surface area contributed by atoms with Crippen molar-refractivity contribution in [1.29, 1.82) is 0 Å². The first-order valence-electron chi connectivity index (χ1n) is 3.90. The number of aryl methyl sites for hydroxylation is 1. The van der Waals surface area contributed by atoms with E-state index in [9.17, 15) is 0 Å². The number of rotatable bonds is 1. The standard InChI is InChI=1S/C8H8BNO2S.2H2/c1-5-10-7-4-6(9(11)12)2-3-8(7)13-5;;/h2-4,11-12H,1H3;2*1H. The Morgan fingerprint density at radius 3 is 2.92 bits per heavy atom. The quantitative estimate of drug-likeness (QED) is 0.664. The van der Waals surface area contributed by atoms with E-state index >= 15 is 0 Å². The second-order valence-corrected chi connectivity index (χ2v) is 4.07. The lowest BCUT2D eigenvalue weighted by molar-refractivity contribution is 0.426. The molecule has 0 atom stereocenters. The lowest BCUT2D eigenvalue weighted by Crippen LogP contribution is -2.29. The van der Waals surface area contributed by atoms with Crippen LogP contribution in [0.1, 0.15) is 7.86 Å². The van der Waals surface area contributed by atoms with Gasteiger partial charge >= 0.3 is 7.12 Å². The van der Waals surface area contributed by atoms with Crippen molar-refractivity contribution in [3.63, 3.8) is 0 Å². The molecule has 2 rings (SSSR count). The Morgan fingerprint density at radius 2 is 2.23 bits per heavy atom. The normalized spacial score (nSPS) is 10.7. The molecule has 0 amide bonds. The van der Waals surface area contributed by atoms with Crippen LogP contribution in [-0.2, 0) is 0 Å². The zero-order chi connectivity index (χ0) is 9.42. The summed E-state index contributed by atoms with van der Waals surface area (Å²) < 4.78 is 1.07. The van der Waals surface area contributed by atoms with Gasteiger partial charge in [-0.1, -0.05) is 6.07 Å². The maximum absolute atomic E-state index is 8.92. The second-order valence-electron chi connectivity index (χ2n) is 2.83. The van der Waals surface area contributed by atoms with Crippen molar-refractivity contribution in [3.05, 3.63) is 23.2 Å². The van der Waals surface area contributed by atoms with Gasteiger partial charge in [-0.25, -0.2) is 4.98 Å². The van der Waals surface area contributed by atoms with E-state index in [0.717, 1.165) is 15.2 Å². The van der Waals surface area contributed by atoms with Crippen LogP contribution in [0.15, 0.2) is 18.2 Å². The molecular weight excluding hydrogens is 185 g/mol. The van der Waals surface area contributed by atoms with Crippen molar-refractivity contribution in [2.75, 3.05) is 0 Å². The van der Waals surface area contributed by atoms with Gasteiger partial charge in [-0.2, -0.15) is 0 Å². The fourth-order valence-electron chi connectivity index (χ4n) is 1.22. The number of aromatic nitrogens is 1. The first-order valence-corrected chi connectivity index (χ1v) is 4.72. The third-order valence-electron chi connectivity index (χ3n) is 1.82. The van der Waals surface area contributed by atoms with Crippen LogP contribution in [0.4, 0.5) is 0 Å². The number of benzene rings is 1. The van der Waals surface area contributed by atoms with Crippen LogP contribution >= 0.6 is 11.3 Å². The Labute approximate surface area is 82.8 Å². The second kappa shape index (κ2) is 3.10. The van der Waals surface area contributed by atoms with E-state index in [1.165, 1.54) is 0 Å². The third-order valence-corrected chi connectivity index (χ3v) is 2.77. The highest BCUT2D eigenvalue weighted by Gasteiger charge is 2.11. The monoisotopic (exact) mass is 197 g/mol. The average molecular weight is 197 g/mol. The van der Waals surface area contributed by atoms with Crippen LogP contribution in [0.2, 0.25) is 0 Å². The van der Waals surface area contributed by atoms with Gasteiger partial charge in [-0.15, -0.1) is 11.3 Å². The number of hydrogen-bond donors (Lipinski definition) is 2. The molecule has 5 heteroatoms. The van der Waals surface area contributed by atoms with Gasteiger partial charge in [0.15, 0.2) is 0 Å². The van der Waals surface area contributed by atoms with E-state index in [1.54, 1.807) is 23.5 Å². The highest BCUT2D eigenvalue weighted by atomic mass is 32.1. The van der Waals surface area contributed by atoms with Crippen molar-refractivity contribution >= 4 is 34.1 Å². The van der Waals surface area contributed by atoms with Crippen molar-refractivity contribution in [3.8, 4) is 0 Å². The van der Waals surface area contributed by atoms with Crippen LogP contribution in [0.3, 0.4) is 0 Å². The maximum atomic E-state index is 8.92. The van der Waals surface area contributed by atoms with Crippen molar-refractivity contribution < 1.29 is 12.9 Å². The molecule has 0 spiro atoms. The summed E-state index contributed by atoms with van der Waals surface area (Å²) in [5.74, 6) is 0. The zero-order valence-corrected chi connectivity index (χ0v) is 7.88. The summed E-state index contributed by atoms with van der Waals surface area (Å²) in [4.78, 5) is 4.25. The maximum Gasteiger partial charge on any atom is 0.488 e. The van der Waals surface area contributed by atoms with E-state index in [1.807, 2.05) is 13.0 Å². The molecule has 1 aromatic carbocycles. The molecule has 0 aliphatic heterocycles. The molecule has 0 aliphatic rings. The lowest BCUT2D eigenvalue weighted by atomic mass is 9.80. The van der Waals surface area contributed by atoms with Crippen molar-refractivity contribution in [2.24, 2.45) is 0 Å². The van der Waals surface area contributed by atoms with Gasteiger partial charge in [0, 0.05) is 2.85 Å². The van der Waals surface area contributed by atoms with Gasteiger partial charge in [0.1, 0.15) is 0 Å². The average Bonchev–Trinajstić information content (AvgIpc) is 2.42. The predicted octanol–water partition coefficient (Wildman–Crippen LogP) is 0.777. The molecule has 2 N–H and O–H groups in total. The van der Waals surface area contributed by atoms with Crippen LogP contribution in [-0.4, -0.2) is 22.2 Å². The molecule has 0 bridgehead atoms. The number of hydrogen-bond acceptors (Lipinski definition) is 4. The van der Waals surface area contributed by atoms with Crippen LogP contribution < -0.4 is 5.46 Å². The molecule has 0 radical (unpaired) electrons. The Kier molecular flexibility index (Phi) is 2.07. The summed E-state index contributed by atoms with van der Waals surface area (Å²) in [6, 6.07) is 5.25. The van der Waals surface area contributed by atoms with Crippen LogP contribution in [0.5, 0.6) is 0 Å². The molecular formula is C8H12BNO2S. The van der Waals surface area contributed by atoms with E-state index in [-0.39, 0.29) is 2.85 Å².